The molecule has 1 aromatic carbocycles. The van der Waals surface area contributed by atoms with Gasteiger partial charge in [0.1, 0.15) is 11.4 Å². The second kappa shape index (κ2) is 5.62. The Kier molecular flexibility index (Phi) is 3.68. The van der Waals surface area contributed by atoms with Gasteiger partial charge in [0, 0.05) is 18.2 Å². The van der Waals surface area contributed by atoms with E-state index in [-0.39, 0.29) is 13.2 Å². The number of hydrogen-bond acceptors (Lipinski definition) is 5. The van der Waals surface area contributed by atoms with Crippen molar-refractivity contribution in [3.63, 3.8) is 0 Å². The summed E-state index contributed by atoms with van der Waals surface area (Å²) in [5.74, 6) is 1.06. The Morgan fingerprint density at radius 2 is 2.10 bits per heavy atom. The van der Waals surface area contributed by atoms with Crippen LogP contribution in [0.1, 0.15) is 11.3 Å². The van der Waals surface area contributed by atoms with Crippen LogP contribution in [0.5, 0.6) is 11.6 Å². The minimum Gasteiger partial charge on any atom is -0.437 e. The van der Waals surface area contributed by atoms with E-state index in [0.717, 1.165) is 10.5 Å². The number of fused-ring (bicyclic) bond motifs is 1. The number of para-hydroxylation sites is 1. The summed E-state index contributed by atoms with van der Waals surface area (Å²) in [7, 11) is 0. The van der Waals surface area contributed by atoms with Crippen molar-refractivity contribution >= 4 is 16.3 Å². The van der Waals surface area contributed by atoms with Gasteiger partial charge in [-0.2, -0.15) is 4.98 Å². The maximum atomic E-state index is 9.50. The molecule has 0 radical (unpaired) electrons. The first kappa shape index (κ1) is 13.1. The molecule has 0 aliphatic carbocycles. The molecule has 2 aromatic heterocycles. The summed E-state index contributed by atoms with van der Waals surface area (Å²) in [4.78, 5) is 5.16. The molecule has 0 spiro atoms. The van der Waals surface area contributed by atoms with Gasteiger partial charge in [0.25, 0.3) is 0 Å². The Labute approximate surface area is 119 Å². The molecule has 20 heavy (non-hydrogen) atoms. The van der Waals surface area contributed by atoms with Crippen LogP contribution in [0, 0.1) is 0 Å². The van der Waals surface area contributed by atoms with E-state index >= 15 is 0 Å². The van der Waals surface area contributed by atoms with Gasteiger partial charge in [-0.25, -0.2) is 0 Å². The summed E-state index contributed by atoms with van der Waals surface area (Å²) < 4.78 is 7.65. The molecule has 0 fully saturated rings. The van der Waals surface area contributed by atoms with E-state index in [9.17, 15) is 5.11 Å². The maximum Gasteiger partial charge on any atom is 0.244 e. The maximum absolute atomic E-state index is 9.50. The average Bonchev–Trinajstić information content (AvgIpc) is 3.01. The Morgan fingerprint density at radius 1 is 1.25 bits per heavy atom. The largest absolute Gasteiger partial charge is 0.437 e. The number of aromatic nitrogens is 2. The highest BCUT2D eigenvalue weighted by molar-refractivity contribution is 7.15. The van der Waals surface area contributed by atoms with Crippen molar-refractivity contribution in [1.82, 2.24) is 9.38 Å². The number of rotatable bonds is 5. The molecule has 3 rings (SSSR count). The summed E-state index contributed by atoms with van der Waals surface area (Å²) in [6.07, 6.45) is 2.37. The first-order chi connectivity index (χ1) is 9.83. The first-order valence-corrected chi connectivity index (χ1v) is 7.13. The fraction of sp³-hybridized carbons (Fsp3) is 0.214. The number of hydrogen-bond donors (Lipinski definition) is 2. The van der Waals surface area contributed by atoms with Crippen molar-refractivity contribution in [2.75, 3.05) is 6.61 Å². The zero-order valence-electron chi connectivity index (χ0n) is 10.7. The van der Waals surface area contributed by atoms with Gasteiger partial charge in [-0.15, -0.1) is 11.3 Å². The molecule has 0 aliphatic heterocycles. The predicted octanol–water partition coefficient (Wildman–Crippen LogP) is 2.22. The number of aliphatic hydroxyl groups excluding tert-OH is 2. The van der Waals surface area contributed by atoms with Crippen molar-refractivity contribution < 1.29 is 14.9 Å². The summed E-state index contributed by atoms with van der Waals surface area (Å²) in [6, 6.07) is 7.51. The van der Waals surface area contributed by atoms with Crippen LogP contribution < -0.4 is 4.74 Å². The monoisotopic (exact) mass is 290 g/mol. The highest BCUT2D eigenvalue weighted by atomic mass is 32.1. The van der Waals surface area contributed by atoms with E-state index < -0.39 is 0 Å². The van der Waals surface area contributed by atoms with Gasteiger partial charge >= 0.3 is 0 Å². The number of nitrogens with zero attached hydrogens (tertiary/aromatic N) is 2. The van der Waals surface area contributed by atoms with Crippen LogP contribution >= 0.6 is 11.3 Å². The molecule has 2 heterocycles. The van der Waals surface area contributed by atoms with E-state index in [0.29, 0.717) is 23.7 Å². The second-order valence-electron chi connectivity index (χ2n) is 4.26. The lowest BCUT2D eigenvalue weighted by atomic mass is 10.1. The Balaban J connectivity index is 1.98. The molecule has 2 N–H and O–H groups in total. The number of ether oxygens (including phenoxy) is 1. The first-order valence-electron chi connectivity index (χ1n) is 6.25. The lowest BCUT2D eigenvalue weighted by molar-refractivity contribution is 0.269. The van der Waals surface area contributed by atoms with Gasteiger partial charge < -0.3 is 14.9 Å². The van der Waals surface area contributed by atoms with Gasteiger partial charge in [0.15, 0.2) is 4.96 Å². The minimum atomic E-state index is -0.143. The smallest absolute Gasteiger partial charge is 0.244 e. The number of benzene rings is 1. The molecule has 0 atom stereocenters. The fourth-order valence-electron chi connectivity index (χ4n) is 2.07. The van der Waals surface area contributed by atoms with Crippen molar-refractivity contribution in [3.8, 4) is 11.6 Å². The van der Waals surface area contributed by atoms with Gasteiger partial charge in [-0.05, 0) is 18.1 Å². The summed E-state index contributed by atoms with van der Waals surface area (Å²) in [5, 5.41) is 20.5. The number of thiazole rings is 1. The van der Waals surface area contributed by atoms with Gasteiger partial charge in [-0.1, -0.05) is 18.2 Å². The SMILES string of the molecule is OCCc1ccccc1Oc1nc2sccn2c1CO. The molecule has 104 valence electrons. The lowest BCUT2D eigenvalue weighted by Crippen LogP contribution is -1.98. The summed E-state index contributed by atoms with van der Waals surface area (Å²) in [5.41, 5.74) is 1.54. The van der Waals surface area contributed by atoms with Gasteiger partial charge in [-0.3, -0.25) is 4.40 Å². The zero-order chi connectivity index (χ0) is 13.9. The normalized spacial score (nSPS) is 11.1. The second-order valence-corrected chi connectivity index (χ2v) is 5.13. The van der Waals surface area contributed by atoms with E-state index in [4.69, 9.17) is 9.84 Å². The molecular formula is C14H14N2O3S. The quantitative estimate of drug-likeness (QED) is 0.756. The average molecular weight is 290 g/mol. The van der Waals surface area contributed by atoms with Crippen LogP contribution in [-0.4, -0.2) is 26.2 Å². The van der Waals surface area contributed by atoms with Crippen LogP contribution in [0.4, 0.5) is 0 Å². The van der Waals surface area contributed by atoms with E-state index in [2.05, 4.69) is 4.98 Å². The molecule has 0 saturated carbocycles. The minimum absolute atomic E-state index is 0.0610. The van der Waals surface area contributed by atoms with Crippen molar-refractivity contribution in [1.29, 1.82) is 0 Å². The standard InChI is InChI=1S/C14H14N2O3S/c17-7-5-10-3-1-2-4-12(10)19-13-11(9-18)16-6-8-20-14(16)15-13/h1-4,6,8,17-18H,5,7,9H2. The molecule has 0 unspecified atom stereocenters. The van der Waals surface area contributed by atoms with Gasteiger partial charge in [0.05, 0.1) is 6.61 Å². The molecule has 3 aromatic rings. The van der Waals surface area contributed by atoms with Crippen LogP contribution in [0.2, 0.25) is 0 Å². The summed E-state index contributed by atoms with van der Waals surface area (Å²) >= 11 is 1.48. The van der Waals surface area contributed by atoms with Crippen molar-refractivity contribution in [2.24, 2.45) is 0 Å². The molecule has 0 saturated heterocycles. The zero-order valence-corrected chi connectivity index (χ0v) is 11.5. The third kappa shape index (κ3) is 2.29. The molecule has 0 amide bonds. The Hall–Kier alpha value is -1.89. The Morgan fingerprint density at radius 3 is 2.90 bits per heavy atom. The molecule has 0 bridgehead atoms. The van der Waals surface area contributed by atoms with Crippen LogP contribution in [0.3, 0.4) is 0 Å². The predicted molar refractivity (Wildman–Crippen MR) is 76.3 cm³/mol. The third-order valence-electron chi connectivity index (χ3n) is 3.03. The fourth-order valence-corrected chi connectivity index (χ4v) is 2.80. The molecular weight excluding hydrogens is 276 g/mol. The van der Waals surface area contributed by atoms with Crippen LogP contribution in [0.15, 0.2) is 35.8 Å². The van der Waals surface area contributed by atoms with Gasteiger partial charge in [0.2, 0.25) is 5.88 Å². The topological polar surface area (TPSA) is 67.0 Å². The molecule has 6 heteroatoms. The van der Waals surface area contributed by atoms with Crippen molar-refractivity contribution in [2.45, 2.75) is 13.0 Å². The van der Waals surface area contributed by atoms with Crippen molar-refractivity contribution in [3.05, 3.63) is 47.1 Å². The highest BCUT2D eigenvalue weighted by Gasteiger charge is 2.15. The van der Waals surface area contributed by atoms with E-state index in [1.165, 1.54) is 11.3 Å². The summed E-state index contributed by atoms with van der Waals surface area (Å²) in [6.45, 7) is -0.0824. The Bertz CT molecular complexity index is 720. The molecule has 0 aliphatic rings. The van der Waals surface area contributed by atoms with Crippen LogP contribution in [-0.2, 0) is 13.0 Å². The number of imidazole rings is 1. The van der Waals surface area contributed by atoms with E-state index in [1.807, 2.05) is 40.2 Å². The third-order valence-corrected chi connectivity index (χ3v) is 3.79. The highest BCUT2D eigenvalue weighted by Crippen LogP contribution is 2.30. The molecule has 5 nitrogen and oxygen atoms in total. The van der Waals surface area contributed by atoms with Crippen LogP contribution in [0.25, 0.3) is 4.96 Å². The van der Waals surface area contributed by atoms with E-state index in [1.54, 1.807) is 0 Å². The lowest BCUT2D eigenvalue weighted by Gasteiger charge is -2.09. The number of aliphatic hydroxyl groups is 2.